The van der Waals surface area contributed by atoms with E-state index in [0.29, 0.717) is 11.3 Å². The maximum absolute atomic E-state index is 13.4. The summed E-state index contributed by atoms with van der Waals surface area (Å²) in [4.78, 5) is 24.9. The second-order valence-corrected chi connectivity index (χ2v) is 9.56. The lowest BCUT2D eigenvalue weighted by atomic mass is 10.1. The maximum Gasteiger partial charge on any atom is 0.338 e. The average Bonchev–Trinajstić information content (AvgIpc) is 2.81. The first-order valence-electron chi connectivity index (χ1n) is 9.66. The van der Waals surface area contributed by atoms with Crippen LogP contribution in [0.2, 0.25) is 10.0 Å². The van der Waals surface area contributed by atoms with E-state index in [1.165, 1.54) is 31.4 Å². The molecule has 3 aromatic carbocycles. The minimum atomic E-state index is -4.16. The minimum Gasteiger partial charge on any atom is -0.465 e. The van der Waals surface area contributed by atoms with Crippen LogP contribution in [0.15, 0.2) is 71.6 Å². The fourth-order valence-electron chi connectivity index (χ4n) is 3.13. The summed E-state index contributed by atoms with van der Waals surface area (Å²) in [5, 5.41) is 2.80. The Kier molecular flexibility index (Phi) is 7.63. The van der Waals surface area contributed by atoms with Crippen molar-refractivity contribution in [3.8, 4) is 0 Å². The topological polar surface area (TPSA) is 92.8 Å². The fourth-order valence-corrected chi connectivity index (χ4v) is 5.03. The number of sulfonamides is 1. The number of esters is 1. The molecule has 0 bridgehead atoms. The molecule has 0 fully saturated rings. The number of halogens is 2. The Morgan fingerprint density at radius 2 is 1.64 bits per heavy atom. The van der Waals surface area contributed by atoms with Crippen molar-refractivity contribution in [1.82, 2.24) is 0 Å². The SMILES string of the molecule is COC(=O)c1cccc(NC(=O)CN(c2cccc(Cl)c2Cl)S(=O)(=O)c2ccccc2)c1C. The van der Waals surface area contributed by atoms with Gasteiger partial charge in [-0.1, -0.05) is 53.5 Å². The number of carbonyl (C=O) groups excluding carboxylic acids is 2. The third kappa shape index (κ3) is 5.30. The van der Waals surface area contributed by atoms with Crippen LogP contribution in [0.4, 0.5) is 11.4 Å². The Morgan fingerprint density at radius 3 is 2.30 bits per heavy atom. The van der Waals surface area contributed by atoms with Gasteiger partial charge in [-0.05, 0) is 48.9 Å². The number of nitrogens with zero attached hydrogens (tertiary/aromatic N) is 1. The molecule has 0 heterocycles. The molecule has 0 aromatic heterocycles. The van der Waals surface area contributed by atoms with Crippen LogP contribution < -0.4 is 9.62 Å². The highest BCUT2D eigenvalue weighted by atomic mass is 35.5. The standard InChI is InChI=1S/C23H20Cl2N2O5S/c1-15-17(23(29)32-2)10-6-12-19(15)26-21(28)14-27(20-13-7-11-18(24)22(20)25)33(30,31)16-8-4-3-5-9-16/h3-13H,14H2,1-2H3,(H,26,28). The van der Waals surface area contributed by atoms with E-state index < -0.39 is 28.4 Å². The van der Waals surface area contributed by atoms with Crippen LogP contribution >= 0.6 is 23.2 Å². The molecule has 0 saturated heterocycles. The molecule has 0 saturated carbocycles. The van der Waals surface area contributed by atoms with Gasteiger partial charge in [-0.2, -0.15) is 0 Å². The third-order valence-electron chi connectivity index (χ3n) is 4.83. The van der Waals surface area contributed by atoms with E-state index in [-0.39, 0.29) is 26.2 Å². The Labute approximate surface area is 201 Å². The molecule has 0 unspecified atom stereocenters. The summed E-state index contributed by atoms with van der Waals surface area (Å²) in [6.45, 7) is 1.06. The summed E-state index contributed by atoms with van der Waals surface area (Å²) in [5.74, 6) is -1.20. The Morgan fingerprint density at radius 1 is 0.970 bits per heavy atom. The predicted octanol–water partition coefficient (Wildman–Crippen LogP) is 4.92. The maximum atomic E-state index is 13.4. The molecule has 1 amide bonds. The van der Waals surface area contributed by atoms with Gasteiger partial charge in [-0.25, -0.2) is 13.2 Å². The van der Waals surface area contributed by atoms with E-state index in [9.17, 15) is 18.0 Å². The van der Waals surface area contributed by atoms with Gasteiger partial charge in [0.25, 0.3) is 10.0 Å². The van der Waals surface area contributed by atoms with Crippen molar-refractivity contribution < 1.29 is 22.7 Å². The number of hydrogen-bond donors (Lipinski definition) is 1. The number of ether oxygens (including phenoxy) is 1. The largest absolute Gasteiger partial charge is 0.465 e. The smallest absolute Gasteiger partial charge is 0.338 e. The number of amides is 1. The molecule has 0 atom stereocenters. The molecule has 1 N–H and O–H groups in total. The first kappa shape index (κ1) is 24.6. The summed E-state index contributed by atoms with van der Waals surface area (Å²) in [6.07, 6.45) is 0. The molecule has 0 aliphatic carbocycles. The zero-order valence-corrected chi connectivity index (χ0v) is 20.0. The van der Waals surface area contributed by atoms with Crippen LogP contribution in [0.3, 0.4) is 0 Å². The molecule has 0 spiro atoms. The molecular weight excluding hydrogens is 487 g/mol. The van der Waals surface area contributed by atoms with Gasteiger partial charge < -0.3 is 10.1 Å². The van der Waals surface area contributed by atoms with Gasteiger partial charge in [0, 0.05) is 5.69 Å². The Hall–Kier alpha value is -3.07. The van der Waals surface area contributed by atoms with E-state index >= 15 is 0 Å². The molecule has 33 heavy (non-hydrogen) atoms. The molecule has 3 rings (SSSR count). The highest BCUT2D eigenvalue weighted by Gasteiger charge is 2.29. The second kappa shape index (κ2) is 10.2. The molecular formula is C23H20Cl2N2O5S. The van der Waals surface area contributed by atoms with Crippen LogP contribution in [0.25, 0.3) is 0 Å². The van der Waals surface area contributed by atoms with E-state index in [1.807, 2.05) is 0 Å². The molecule has 7 nitrogen and oxygen atoms in total. The lowest BCUT2D eigenvalue weighted by molar-refractivity contribution is -0.114. The highest BCUT2D eigenvalue weighted by molar-refractivity contribution is 7.92. The summed E-state index contributed by atoms with van der Waals surface area (Å²) in [5.41, 5.74) is 1.17. The zero-order chi connectivity index (χ0) is 24.2. The van der Waals surface area contributed by atoms with Gasteiger partial charge in [0.1, 0.15) is 6.54 Å². The monoisotopic (exact) mass is 506 g/mol. The van der Waals surface area contributed by atoms with Crippen molar-refractivity contribution in [2.75, 3.05) is 23.3 Å². The number of methoxy groups -OCH3 is 1. The zero-order valence-electron chi connectivity index (χ0n) is 17.7. The van der Waals surface area contributed by atoms with Crippen molar-refractivity contribution in [1.29, 1.82) is 0 Å². The summed E-state index contributed by atoms with van der Waals surface area (Å²) >= 11 is 12.4. The number of anilines is 2. The minimum absolute atomic E-state index is 0.00431. The van der Waals surface area contributed by atoms with Gasteiger partial charge in [-0.3, -0.25) is 9.10 Å². The molecule has 0 aliphatic heterocycles. The van der Waals surface area contributed by atoms with E-state index in [1.54, 1.807) is 49.4 Å². The van der Waals surface area contributed by atoms with Crippen molar-refractivity contribution in [3.05, 3.63) is 87.9 Å². The van der Waals surface area contributed by atoms with Gasteiger partial charge in [0.15, 0.2) is 0 Å². The van der Waals surface area contributed by atoms with Crippen LogP contribution in [-0.2, 0) is 19.6 Å². The number of carbonyl (C=O) groups is 2. The van der Waals surface area contributed by atoms with E-state index in [2.05, 4.69) is 5.32 Å². The quantitative estimate of drug-likeness (QED) is 0.459. The lowest BCUT2D eigenvalue weighted by Crippen LogP contribution is -2.38. The average molecular weight is 507 g/mol. The number of benzene rings is 3. The van der Waals surface area contributed by atoms with Crippen molar-refractivity contribution in [2.24, 2.45) is 0 Å². The number of rotatable bonds is 7. The van der Waals surface area contributed by atoms with E-state index in [4.69, 9.17) is 27.9 Å². The molecule has 0 aliphatic rings. The van der Waals surface area contributed by atoms with E-state index in [0.717, 1.165) is 4.31 Å². The van der Waals surface area contributed by atoms with Crippen molar-refractivity contribution in [3.63, 3.8) is 0 Å². The summed E-state index contributed by atoms with van der Waals surface area (Å²) < 4.78 is 32.5. The second-order valence-electron chi connectivity index (χ2n) is 6.92. The normalized spacial score (nSPS) is 11.0. The third-order valence-corrected chi connectivity index (χ3v) is 7.41. The molecule has 10 heteroatoms. The molecule has 172 valence electrons. The van der Waals surface area contributed by atoms with Crippen LogP contribution in [0.1, 0.15) is 15.9 Å². The summed E-state index contributed by atoms with van der Waals surface area (Å²) in [6, 6.07) is 16.9. The summed E-state index contributed by atoms with van der Waals surface area (Å²) in [7, 11) is -2.90. The van der Waals surface area contributed by atoms with Crippen LogP contribution in [-0.4, -0.2) is 33.9 Å². The lowest BCUT2D eigenvalue weighted by Gasteiger charge is -2.25. The Balaban J connectivity index is 1.99. The van der Waals surface area contributed by atoms with Crippen LogP contribution in [0.5, 0.6) is 0 Å². The van der Waals surface area contributed by atoms with Crippen molar-refractivity contribution in [2.45, 2.75) is 11.8 Å². The highest BCUT2D eigenvalue weighted by Crippen LogP contribution is 2.35. The van der Waals surface area contributed by atoms with Gasteiger partial charge in [0.05, 0.1) is 33.3 Å². The van der Waals surface area contributed by atoms with Gasteiger partial charge in [0.2, 0.25) is 5.91 Å². The molecule has 0 radical (unpaired) electrons. The first-order valence-corrected chi connectivity index (χ1v) is 11.9. The first-order chi connectivity index (χ1) is 15.7. The molecule has 3 aromatic rings. The Bertz CT molecular complexity index is 1300. The predicted molar refractivity (Wildman–Crippen MR) is 129 cm³/mol. The van der Waals surface area contributed by atoms with Gasteiger partial charge in [-0.15, -0.1) is 0 Å². The fraction of sp³-hybridized carbons (Fsp3) is 0.130. The van der Waals surface area contributed by atoms with Crippen LogP contribution in [0, 0.1) is 6.92 Å². The van der Waals surface area contributed by atoms with Gasteiger partial charge >= 0.3 is 5.97 Å². The number of nitrogens with one attached hydrogen (secondary N) is 1. The van der Waals surface area contributed by atoms with Crippen molar-refractivity contribution >= 4 is 56.5 Å². The number of hydrogen-bond acceptors (Lipinski definition) is 5.